The van der Waals surface area contributed by atoms with E-state index >= 15 is 24.0 Å². The van der Waals surface area contributed by atoms with Crippen molar-refractivity contribution in [2.45, 2.75) is 432 Å². The molecule has 37 heteroatoms. The van der Waals surface area contributed by atoms with Crippen molar-refractivity contribution in [3.63, 3.8) is 0 Å². The van der Waals surface area contributed by atoms with E-state index in [9.17, 15) is 47.9 Å². The van der Waals surface area contributed by atoms with Gasteiger partial charge in [-0.1, -0.05) is 143 Å². The molecule has 0 aliphatic rings. The number of nitrogens with one attached hydrogen (secondary N) is 15. The molecule has 0 aliphatic carbocycles. The smallest absolute Gasteiger partial charge is 0.407 e. The number of unbranched alkanes of at least 4 members (excludes halogenated alkanes) is 2. The number of ether oxygens (including phenoxy) is 6. The van der Waals surface area contributed by atoms with Crippen LogP contribution in [0.1, 0.15) is 318 Å². The summed E-state index contributed by atoms with van der Waals surface area (Å²) in [5.74, 6) is -11.9. The van der Waals surface area contributed by atoms with E-state index in [1.54, 1.807) is 149 Å². The van der Waals surface area contributed by atoms with Crippen LogP contribution < -0.4 is 90.2 Å². The van der Waals surface area contributed by atoms with Crippen molar-refractivity contribution in [3.05, 3.63) is 29.8 Å². The molecule has 788 valence electrons. The number of alkyl carbamates (subject to hydrolysis) is 3. The van der Waals surface area contributed by atoms with Crippen LogP contribution in [0.3, 0.4) is 0 Å². The molecule has 1 aromatic carbocycles. The molecule has 0 saturated heterocycles. The predicted octanol–water partition coefficient (Wildman–Crippen LogP) is 9.93. The second-order valence-corrected chi connectivity index (χ2v) is 43.1. The summed E-state index contributed by atoms with van der Waals surface area (Å²) in [6, 6.07) is -9.39. The summed E-state index contributed by atoms with van der Waals surface area (Å²) < 4.78 is 33.7. The Labute approximate surface area is 818 Å². The second kappa shape index (κ2) is 61.7. The van der Waals surface area contributed by atoms with Gasteiger partial charge in [-0.15, -0.1) is 0 Å². The highest BCUT2D eigenvalue weighted by Gasteiger charge is 2.41. The highest BCUT2D eigenvalue weighted by atomic mass is 16.6. The number of carbonyl (C=O) groups is 15. The number of carbonyl (C=O) groups excluding carboxylic acids is 15. The van der Waals surface area contributed by atoms with E-state index in [0.717, 1.165) is 0 Å². The summed E-state index contributed by atoms with van der Waals surface area (Å²) in [4.78, 5) is 216. The van der Waals surface area contributed by atoms with Gasteiger partial charge in [0.25, 0.3) is 0 Å². The minimum absolute atomic E-state index is 0.000483. The van der Waals surface area contributed by atoms with Crippen molar-refractivity contribution in [1.82, 2.24) is 79.8 Å². The molecule has 0 fully saturated rings. The van der Waals surface area contributed by atoms with Gasteiger partial charge >= 0.3 is 18.3 Å². The minimum atomic E-state index is -1.44. The average Bonchev–Trinajstić information content (AvgIpc) is 0.841. The largest absolute Gasteiger partial charge is 0.488 e. The van der Waals surface area contributed by atoms with Crippen LogP contribution in [-0.4, -0.2) is 235 Å². The van der Waals surface area contributed by atoms with Gasteiger partial charge in [-0.05, 0) is 246 Å². The summed E-state index contributed by atoms with van der Waals surface area (Å²) in [7, 11) is 1.52. The van der Waals surface area contributed by atoms with Crippen molar-refractivity contribution in [2.24, 2.45) is 53.1 Å². The molecule has 15 amide bonds. The van der Waals surface area contributed by atoms with E-state index in [-0.39, 0.29) is 127 Å². The van der Waals surface area contributed by atoms with Crippen LogP contribution in [0.25, 0.3) is 0 Å². The lowest BCUT2D eigenvalue weighted by atomic mass is 9.95. The van der Waals surface area contributed by atoms with Gasteiger partial charge in [-0.2, -0.15) is 0 Å². The van der Waals surface area contributed by atoms with Crippen LogP contribution in [0.5, 0.6) is 5.75 Å². The van der Waals surface area contributed by atoms with E-state index in [4.69, 9.17) is 34.2 Å². The zero-order valence-electron chi connectivity index (χ0n) is 89.7. The maximum atomic E-state index is 15.3. The fourth-order valence-electron chi connectivity index (χ4n) is 14.1. The van der Waals surface area contributed by atoms with E-state index in [1.165, 1.54) is 7.11 Å². The lowest BCUT2D eigenvalue weighted by Crippen LogP contribution is -2.63. The molecule has 6 unspecified atom stereocenters. The van der Waals surface area contributed by atoms with E-state index in [2.05, 4.69) is 79.8 Å². The maximum Gasteiger partial charge on any atom is 0.407 e. The number of rotatable bonds is 57. The summed E-state index contributed by atoms with van der Waals surface area (Å²) in [5, 5.41) is 42.2. The molecule has 1 aromatic rings. The van der Waals surface area contributed by atoms with Gasteiger partial charge < -0.3 is 114 Å². The molecule has 0 aliphatic heterocycles. The maximum absolute atomic E-state index is 15.3. The Balaban J connectivity index is 0.0000918. The number of amides is 15. The van der Waals surface area contributed by atoms with Gasteiger partial charge in [0, 0.05) is 33.2 Å². The lowest BCUT2D eigenvalue weighted by Gasteiger charge is -2.32. The van der Waals surface area contributed by atoms with Crippen LogP contribution in [-0.2, 0) is 87.6 Å². The van der Waals surface area contributed by atoms with Gasteiger partial charge in [0.1, 0.15) is 101 Å². The lowest BCUT2D eigenvalue weighted by molar-refractivity contribution is -0.138. The molecule has 0 radical (unpaired) electrons. The summed E-state index contributed by atoms with van der Waals surface area (Å²) in [6.45, 7) is 60.9. The standard InChI is InChI=1S/C98H176N16O21.C2H6/c1-34-62(16)78(114-81(117)68(42-39-49-102-93(129)135-98(30,31)32)104-82(118)70(51-56(4)5)108-86(122)74(99)63(17)131-94(18,19)20)90(126)113-77(61(14)15)89(125)112-76(60(12)13)87(123)105-67(41-36-38-48-101-92(128)134-97(27,28)29)80(116)111-75(59(10)11)88(124)109-71(52-57(6)7)83(119)103-66(40-35-37-47-100-91(127)133-96(24,25)26)79(115)107-72(53-64-43-45-65(46-44-64)132-95(21,22)23)85(121)106-69(50-55(2)3)84(120)110-73(54-130-33)58(8)9;1-2/h43-46,55-63,66-78H,34-42,47-54,99H2,1-33H3,(H,100,127)(H,101,128)(H,102,129)(H,103,119)(H,104,118)(H,105,123)(H,106,121)(H,107,115)(H,108,122)(H,109,124)(H,110,120)(H,111,116)(H,112,125)(H,113,126)(H,114,117);1-2H3/t62-,63?,66-,67+,68+,69?,70-,71?,72+,73?,74?,75-,76-,77?,78-;/m0./s1. The highest BCUT2D eigenvalue weighted by molar-refractivity contribution is 6.00. The highest BCUT2D eigenvalue weighted by Crippen LogP contribution is 2.23. The number of hydrogen-bond donors (Lipinski definition) is 16. The average molecular weight is 1940 g/mol. The molecule has 0 bridgehead atoms. The van der Waals surface area contributed by atoms with Crippen molar-refractivity contribution < 1.29 is 100 Å². The Hall–Kier alpha value is -9.65. The normalized spacial score (nSPS) is 15.3. The Kier molecular flexibility index (Phi) is 57.4. The van der Waals surface area contributed by atoms with Crippen LogP contribution in [0.4, 0.5) is 14.4 Å². The number of benzene rings is 1. The topological polar surface area (TPSA) is 518 Å². The van der Waals surface area contributed by atoms with Crippen LogP contribution in [0.2, 0.25) is 0 Å². The first-order chi connectivity index (χ1) is 63.2. The monoisotopic (exact) mass is 1940 g/mol. The zero-order valence-corrected chi connectivity index (χ0v) is 89.7. The predicted molar refractivity (Wildman–Crippen MR) is 532 cm³/mol. The Morgan fingerprint density at radius 1 is 0.328 bits per heavy atom. The molecule has 15 atom stereocenters. The van der Waals surface area contributed by atoms with Crippen LogP contribution in [0.15, 0.2) is 24.3 Å². The van der Waals surface area contributed by atoms with Crippen molar-refractivity contribution >= 4 is 89.2 Å². The fourth-order valence-corrected chi connectivity index (χ4v) is 14.1. The van der Waals surface area contributed by atoms with Gasteiger partial charge in [-0.25, -0.2) is 14.4 Å². The molecule has 137 heavy (non-hydrogen) atoms. The molecular weight excluding hydrogens is 1760 g/mol. The summed E-state index contributed by atoms with van der Waals surface area (Å²) in [6.07, 6.45) is -1.49. The number of nitrogens with two attached hydrogens (primary N) is 1. The van der Waals surface area contributed by atoms with Crippen molar-refractivity contribution in [1.29, 1.82) is 0 Å². The molecule has 17 N–H and O–H groups in total. The van der Waals surface area contributed by atoms with Gasteiger partial charge in [0.05, 0.1) is 24.4 Å². The molecule has 0 spiro atoms. The summed E-state index contributed by atoms with van der Waals surface area (Å²) in [5.41, 5.74) is 3.32. The first-order valence-corrected chi connectivity index (χ1v) is 49.4. The minimum Gasteiger partial charge on any atom is -0.488 e. The van der Waals surface area contributed by atoms with Gasteiger partial charge in [-0.3, -0.25) is 57.5 Å². The van der Waals surface area contributed by atoms with Crippen LogP contribution >= 0.6 is 0 Å². The molecule has 1 rings (SSSR count). The Bertz CT molecular complexity index is 3900. The third-order valence-corrected chi connectivity index (χ3v) is 21.2. The van der Waals surface area contributed by atoms with E-state index in [1.807, 2.05) is 111 Å². The molecule has 37 nitrogen and oxygen atoms in total. The van der Waals surface area contributed by atoms with Crippen molar-refractivity contribution in [2.75, 3.05) is 33.4 Å². The third kappa shape index (κ3) is 54.5. The Morgan fingerprint density at radius 3 is 0.964 bits per heavy atom. The van der Waals surface area contributed by atoms with Gasteiger partial charge in [0.2, 0.25) is 70.9 Å². The number of methoxy groups -OCH3 is 1. The van der Waals surface area contributed by atoms with Gasteiger partial charge in [0.15, 0.2) is 0 Å². The zero-order chi connectivity index (χ0) is 106. The molecule has 0 aromatic heterocycles. The van der Waals surface area contributed by atoms with E-state index < -0.39 is 225 Å². The first-order valence-electron chi connectivity index (χ1n) is 49.4. The molecular formula is C100H182N16O21. The fraction of sp³-hybridized carbons (Fsp3) is 0.790. The van der Waals surface area contributed by atoms with Crippen LogP contribution in [0, 0.1) is 47.3 Å². The SMILES string of the molecule is CC.CC[C@H](C)[C@H](NC(=O)[C@@H](CCCNC(=O)OC(C)(C)C)NC(=O)[C@H](CC(C)C)NC(=O)C(N)C(C)OC(C)(C)C)C(=O)NC(C(=O)N[C@H](C(=O)N[C@H](CCCCNC(=O)OC(C)(C)C)C(=O)N[C@H](C(=O)NC(CC(C)C)C(=O)N[C@@H](CCCCNC(=O)OC(C)(C)C)C(=O)N[C@H](Cc1ccc(OC(C)(C)C)cc1)C(=O)NC(CC(C)C)C(=O)NC(COC)C(C)C)C(C)C)C(C)C)C(C)C. The molecule has 0 saturated carbocycles. The molecule has 0 heterocycles. The first kappa shape index (κ1) is 127. The quantitative estimate of drug-likeness (QED) is 0.0213. The van der Waals surface area contributed by atoms with Crippen molar-refractivity contribution in [3.8, 4) is 5.75 Å². The summed E-state index contributed by atoms with van der Waals surface area (Å²) >= 11 is 0. The third-order valence-electron chi connectivity index (χ3n) is 21.2. The number of hydrogen-bond acceptors (Lipinski definition) is 22. The Morgan fingerprint density at radius 2 is 0.620 bits per heavy atom. The second-order valence-electron chi connectivity index (χ2n) is 43.1. The van der Waals surface area contributed by atoms with E-state index in [0.29, 0.717) is 17.7 Å².